The van der Waals surface area contributed by atoms with Gasteiger partial charge in [-0.15, -0.1) is 0 Å². The van der Waals surface area contributed by atoms with E-state index in [1.807, 2.05) is 42.5 Å². The first-order valence-electron chi connectivity index (χ1n) is 13.2. The van der Waals surface area contributed by atoms with Gasteiger partial charge in [-0.1, -0.05) is 65.4 Å². The fraction of sp³-hybridized carbons (Fsp3) is 0.219. The van der Waals surface area contributed by atoms with E-state index >= 15 is 0 Å². The molecule has 1 aliphatic rings. The third-order valence-corrected chi connectivity index (χ3v) is 7.99. The molecule has 42 heavy (non-hydrogen) atoms. The van der Waals surface area contributed by atoms with Crippen LogP contribution in [0.5, 0.6) is 17.2 Å². The summed E-state index contributed by atoms with van der Waals surface area (Å²) in [6.07, 6.45) is 1.73. The van der Waals surface area contributed by atoms with Gasteiger partial charge in [0.15, 0.2) is 16.3 Å². The van der Waals surface area contributed by atoms with Crippen molar-refractivity contribution < 1.29 is 23.7 Å². The van der Waals surface area contributed by atoms with Crippen LogP contribution >= 0.6 is 22.9 Å². The highest BCUT2D eigenvalue weighted by Crippen LogP contribution is 2.37. The number of nitrogens with zero attached hydrogens (tertiary/aromatic N) is 2. The topological polar surface area (TPSA) is 88.4 Å². The number of halogens is 1. The molecule has 8 nitrogen and oxygen atoms in total. The molecule has 0 bridgehead atoms. The number of carbonyl (C=O) groups is 1. The van der Waals surface area contributed by atoms with Crippen LogP contribution in [0.3, 0.4) is 0 Å². The molecule has 1 atom stereocenters. The minimum absolute atomic E-state index is 0.197. The van der Waals surface area contributed by atoms with Crippen LogP contribution in [0.1, 0.15) is 36.6 Å². The second kappa shape index (κ2) is 12.7. The van der Waals surface area contributed by atoms with Crippen LogP contribution in [0.4, 0.5) is 0 Å². The number of hydrogen-bond donors (Lipinski definition) is 0. The number of benzene rings is 3. The average Bonchev–Trinajstić information content (AvgIpc) is 3.30. The van der Waals surface area contributed by atoms with Crippen molar-refractivity contribution in [1.29, 1.82) is 0 Å². The Kier molecular flexibility index (Phi) is 8.80. The Hall–Kier alpha value is -4.34. The molecular weight excluding hydrogens is 576 g/mol. The van der Waals surface area contributed by atoms with Gasteiger partial charge in [-0.05, 0) is 60.9 Å². The maximum atomic E-state index is 13.9. The van der Waals surface area contributed by atoms with E-state index in [1.165, 1.54) is 23.0 Å². The van der Waals surface area contributed by atoms with Crippen molar-refractivity contribution in [2.75, 3.05) is 20.8 Å². The molecule has 5 rings (SSSR count). The Labute approximate surface area is 251 Å². The summed E-state index contributed by atoms with van der Waals surface area (Å²) in [5.41, 5.74) is 2.87. The Morgan fingerprint density at radius 1 is 1.07 bits per heavy atom. The molecule has 1 aliphatic heterocycles. The smallest absolute Gasteiger partial charge is 0.338 e. The summed E-state index contributed by atoms with van der Waals surface area (Å²) >= 11 is 7.85. The molecule has 1 aromatic heterocycles. The predicted molar refractivity (Wildman–Crippen MR) is 162 cm³/mol. The second-order valence-electron chi connectivity index (χ2n) is 9.38. The average molecular weight is 605 g/mol. The number of aromatic nitrogens is 1. The Bertz CT molecular complexity index is 1830. The molecule has 216 valence electrons. The highest BCUT2D eigenvalue weighted by molar-refractivity contribution is 7.07. The van der Waals surface area contributed by atoms with E-state index in [9.17, 15) is 9.59 Å². The zero-order valence-electron chi connectivity index (χ0n) is 23.5. The number of hydrogen-bond acceptors (Lipinski definition) is 8. The monoisotopic (exact) mass is 604 g/mol. The van der Waals surface area contributed by atoms with E-state index in [2.05, 4.69) is 4.99 Å². The molecule has 3 aromatic carbocycles. The molecule has 0 spiro atoms. The molecule has 0 radical (unpaired) electrons. The molecule has 0 amide bonds. The maximum absolute atomic E-state index is 13.9. The van der Waals surface area contributed by atoms with Gasteiger partial charge >= 0.3 is 5.97 Å². The van der Waals surface area contributed by atoms with E-state index in [0.29, 0.717) is 55.0 Å². The van der Waals surface area contributed by atoms with Crippen LogP contribution in [0.25, 0.3) is 6.08 Å². The third-order valence-electron chi connectivity index (χ3n) is 6.72. The highest BCUT2D eigenvalue weighted by atomic mass is 35.5. The number of thiazole rings is 1. The number of esters is 1. The number of ether oxygens (including phenoxy) is 4. The minimum Gasteiger partial charge on any atom is -0.497 e. The first-order valence-corrected chi connectivity index (χ1v) is 14.4. The SMILES string of the molecule is CCOC(=O)C1=C(C)N=c2s/c(=C\c3cc(Cl)c(OCc4ccccc4)c(OC)c3)c(=O)n2[C@@H]1c1ccc(OC)cc1. The zero-order valence-corrected chi connectivity index (χ0v) is 25.1. The second-order valence-corrected chi connectivity index (χ2v) is 10.8. The van der Waals surface area contributed by atoms with Crippen LogP contribution in [-0.4, -0.2) is 31.4 Å². The minimum atomic E-state index is -0.722. The van der Waals surface area contributed by atoms with Gasteiger partial charge in [0.25, 0.3) is 5.56 Å². The fourth-order valence-corrected chi connectivity index (χ4v) is 6.06. The van der Waals surface area contributed by atoms with E-state index in [0.717, 1.165) is 11.1 Å². The van der Waals surface area contributed by atoms with Crippen LogP contribution < -0.4 is 29.1 Å². The molecule has 4 aromatic rings. The normalized spacial score (nSPS) is 14.7. The Morgan fingerprint density at radius 2 is 1.81 bits per heavy atom. The number of allylic oxidation sites excluding steroid dienone is 1. The van der Waals surface area contributed by atoms with Gasteiger partial charge < -0.3 is 18.9 Å². The summed E-state index contributed by atoms with van der Waals surface area (Å²) in [6.45, 7) is 4.01. The molecule has 0 saturated heterocycles. The lowest BCUT2D eigenvalue weighted by molar-refractivity contribution is -0.139. The van der Waals surface area contributed by atoms with E-state index in [4.69, 9.17) is 30.5 Å². The molecule has 0 saturated carbocycles. The summed E-state index contributed by atoms with van der Waals surface area (Å²) in [6, 6.07) is 19.7. The van der Waals surface area contributed by atoms with Crippen molar-refractivity contribution in [2.24, 2.45) is 4.99 Å². The van der Waals surface area contributed by atoms with Crippen LogP contribution in [-0.2, 0) is 16.1 Å². The number of carbonyl (C=O) groups excluding carboxylic acids is 1. The number of fused-ring (bicyclic) bond motifs is 1. The number of methoxy groups -OCH3 is 2. The van der Waals surface area contributed by atoms with Gasteiger partial charge in [0.05, 0.1) is 47.7 Å². The molecule has 0 fully saturated rings. The van der Waals surface area contributed by atoms with Gasteiger partial charge in [-0.3, -0.25) is 9.36 Å². The van der Waals surface area contributed by atoms with Crippen molar-refractivity contribution in [1.82, 2.24) is 4.57 Å². The van der Waals surface area contributed by atoms with Crippen LogP contribution in [0.2, 0.25) is 5.02 Å². The summed E-state index contributed by atoms with van der Waals surface area (Å²) < 4.78 is 24.2. The van der Waals surface area contributed by atoms with Crippen LogP contribution in [0, 0.1) is 0 Å². The van der Waals surface area contributed by atoms with Gasteiger partial charge in [0.2, 0.25) is 0 Å². The summed E-state index contributed by atoms with van der Waals surface area (Å²) in [5.74, 6) is 0.993. The maximum Gasteiger partial charge on any atom is 0.338 e. The molecule has 10 heteroatoms. The van der Waals surface area contributed by atoms with Crippen molar-refractivity contribution in [3.8, 4) is 17.2 Å². The molecule has 0 aliphatic carbocycles. The lowest BCUT2D eigenvalue weighted by atomic mass is 9.96. The van der Waals surface area contributed by atoms with Crippen LogP contribution in [0.15, 0.2) is 87.8 Å². The standard InChI is InChI=1S/C32H29ClN2O6S/c1-5-40-31(37)27-19(2)34-32-35(28(27)22-11-13-23(38-3)14-12-22)30(36)26(42-32)17-21-15-24(33)29(25(16-21)39-4)41-18-20-9-7-6-8-10-20/h6-17,28H,5,18H2,1-4H3/b26-17-/t28-/m1/s1. The van der Waals surface area contributed by atoms with Gasteiger partial charge in [0, 0.05) is 0 Å². The summed E-state index contributed by atoms with van der Waals surface area (Å²) in [7, 11) is 3.11. The van der Waals surface area contributed by atoms with Gasteiger partial charge in [-0.2, -0.15) is 0 Å². The van der Waals surface area contributed by atoms with E-state index in [1.54, 1.807) is 51.3 Å². The third kappa shape index (κ3) is 5.84. The van der Waals surface area contributed by atoms with Crippen molar-refractivity contribution >= 4 is 35.0 Å². The highest BCUT2D eigenvalue weighted by Gasteiger charge is 2.33. The van der Waals surface area contributed by atoms with E-state index in [-0.39, 0.29) is 12.2 Å². The predicted octanol–water partition coefficient (Wildman–Crippen LogP) is 5.05. The van der Waals surface area contributed by atoms with Crippen molar-refractivity contribution in [3.63, 3.8) is 0 Å². The Balaban J connectivity index is 1.58. The molecular formula is C32H29ClN2O6S. The van der Waals surface area contributed by atoms with Gasteiger partial charge in [0.1, 0.15) is 12.4 Å². The van der Waals surface area contributed by atoms with E-state index < -0.39 is 12.0 Å². The lowest BCUT2D eigenvalue weighted by Gasteiger charge is -2.24. The lowest BCUT2D eigenvalue weighted by Crippen LogP contribution is -2.39. The largest absolute Gasteiger partial charge is 0.497 e. The van der Waals surface area contributed by atoms with Crippen molar-refractivity contribution in [3.05, 3.63) is 119 Å². The quantitative estimate of drug-likeness (QED) is 0.249. The summed E-state index contributed by atoms with van der Waals surface area (Å²) in [4.78, 5) is 32.1. The first-order chi connectivity index (χ1) is 20.3. The van der Waals surface area contributed by atoms with Gasteiger partial charge in [-0.25, -0.2) is 9.79 Å². The zero-order chi connectivity index (χ0) is 29.8. The first kappa shape index (κ1) is 29.2. The van der Waals surface area contributed by atoms with Crippen molar-refractivity contribution in [2.45, 2.75) is 26.5 Å². The molecule has 2 heterocycles. The Morgan fingerprint density at radius 3 is 2.48 bits per heavy atom. The fourth-order valence-electron chi connectivity index (χ4n) is 4.74. The molecule has 0 unspecified atom stereocenters. The molecule has 0 N–H and O–H groups in total. The number of rotatable bonds is 9. The summed E-state index contributed by atoms with van der Waals surface area (Å²) in [5, 5.41) is 0.348.